The van der Waals surface area contributed by atoms with E-state index in [1.54, 1.807) is 0 Å². The van der Waals surface area contributed by atoms with Crippen molar-refractivity contribution in [1.82, 2.24) is 0 Å². The first-order chi connectivity index (χ1) is 10.1. The Bertz CT molecular complexity index is 505. The van der Waals surface area contributed by atoms with Gasteiger partial charge in [0.05, 0.1) is 5.69 Å². The third kappa shape index (κ3) is 3.31. The topological polar surface area (TPSA) is 61.8 Å². The molecule has 1 aliphatic carbocycles. The minimum absolute atomic E-state index is 0.183. The van der Waals surface area contributed by atoms with Gasteiger partial charge in [-0.15, -0.1) is 0 Å². The van der Waals surface area contributed by atoms with Crippen LogP contribution in [0.2, 0.25) is 0 Å². The number of aryl methyl sites for hydroxylation is 1. The second kappa shape index (κ2) is 6.83. The lowest BCUT2D eigenvalue weighted by Crippen LogP contribution is -2.37. The molecule has 0 aromatic heterocycles. The molecule has 0 atom stereocenters. The maximum Gasteiger partial charge on any atom is 0.172 e. The van der Waals surface area contributed by atoms with E-state index >= 15 is 0 Å². The van der Waals surface area contributed by atoms with Gasteiger partial charge in [-0.05, 0) is 50.2 Å². The Hall–Kier alpha value is -1.71. The zero-order valence-corrected chi connectivity index (χ0v) is 13.3. The lowest BCUT2D eigenvalue weighted by atomic mass is 9.83. The summed E-state index contributed by atoms with van der Waals surface area (Å²) in [6, 6.07) is 6.50. The fourth-order valence-electron chi connectivity index (χ4n) is 3.51. The van der Waals surface area contributed by atoms with Crippen molar-refractivity contribution in [2.75, 3.05) is 11.9 Å². The number of nitrogens with two attached hydrogens (primary N) is 1. The Kier molecular flexibility index (Phi) is 5.10. The predicted octanol–water partition coefficient (Wildman–Crippen LogP) is 3.49. The summed E-state index contributed by atoms with van der Waals surface area (Å²) in [5, 5.41) is 12.2. The van der Waals surface area contributed by atoms with Gasteiger partial charge >= 0.3 is 0 Å². The highest BCUT2D eigenvalue weighted by molar-refractivity contribution is 6.02. The van der Waals surface area contributed by atoms with E-state index in [-0.39, 0.29) is 5.84 Å². The highest BCUT2D eigenvalue weighted by atomic mass is 16.4. The number of oxime groups is 1. The van der Waals surface area contributed by atoms with Crippen LogP contribution in [0.3, 0.4) is 0 Å². The fourth-order valence-corrected chi connectivity index (χ4v) is 3.51. The minimum Gasteiger partial charge on any atom is -0.409 e. The van der Waals surface area contributed by atoms with Gasteiger partial charge in [0.25, 0.3) is 0 Å². The summed E-state index contributed by atoms with van der Waals surface area (Å²) >= 11 is 0. The number of benzene rings is 1. The molecule has 1 fully saturated rings. The van der Waals surface area contributed by atoms with Crippen molar-refractivity contribution in [2.45, 2.75) is 52.0 Å². The van der Waals surface area contributed by atoms with Crippen molar-refractivity contribution in [3.05, 3.63) is 29.3 Å². The molecule has 0 unspecified atom stereocenters. The molecule has 4 heteroatoms. The van der Waals surface area contributed by atoms with Gasteiger partial charge in [-0.1, -0.05) is 30.6 Å². The molecule has 0 aliphatic heterocycles. The molecule has 116 valence electrons. The molecular weight excluding hydrogens is 262 g/mol. The van der Waals surface area contributed by atoms with Crippen LogP contribution >= 0.6 is 0 Å². The van der Waals surface area contributed by atoms with Crippen LogP contribution in [0.25, 0.3) is 0 Å². The van der Waals surface area contributed by atoms with E-state index in [9.17, 15) is 0 Å². The number of hydrogen-bond acceptors (Lipinski definition) is 3. The number of rotatable bonds is 4. The Labute approximate surface area is 127 Å². The molecule has 1 aromatic carbocycles. The lowest BCUT2D eigenvalue weighted by molar-refractivity contribution is 0.313. The molecule has 0 amide bonds. The highest BCUT2D eigenvalue weighted by Gasteiger charge is 2.25. The average molecular weight is 289 g/mol. The minimum atomic E-state index is 0.183. The molecule has 0 radical (unpaired) electrons. The van der Waals surface area contributed by atoms with Crippen LogP contribution in [0.1, 0.15) is 50.2 Å². The first-order valence-corrected chi connectivity index (χ1v) is 7.88. The molecule has 1 aromatic rings. The zero-order valence-electron chi connectivity index (χ0n) is 13.3. The van der Waals surface area contributed by atoms with E-state index in [1.807, 2.05) is 12.1 Å². The highest BCUT2D eigenvalue weighted by Crippen LogP contribution is 2.33. The van der Waals surface area contributed by atoms with Gasteiger partial charge in [0, 0.05) is 18.7 Å². The fraction of sp³-hybridized carbons (Fsp3) is 0.588. The second-order valence-electron chi connectivity index (χ2n) is 6.15. The molecule has 3 N–H and O–H groups in total. The van der Waals surface area contributed by atoms with Gasteiger partial charge in [0.2, 0.25) is 0 Å². The summed E-state index contributed by atoms with van der Waals surface area (Å²) in [5.41, 5.74) is 8.92. The first-order valence-electron chi connectivity index (χ1n) is 7.88. The summed E-state index contributed by atoms with van der Waals surface area (Å²) in [6.07, 6.45) is 6.33. The number of para-hydroxylation sites is 1. The van der Waals surface area contributed by atoms with Crippen molar-refractivity contribution in [3.8, 4) is 0 Å². The summed E-state index contributed by atoms with van der Waals surface area (Å²) in [5.74, 6) is 1.07. The van der Waals surface area contributed by atoms with E-state index in [0.29, 0.717) is 6.04 Å². The number of amidine groups is 1. The number of hydrogen-bond donors (Lipinski definition) is 2. The van der Waals surface area contributed by atoms with Crippen LogP contribution in [-0.2, 0) is 0 Å². The average Bonchev–Trinajstić information content (AvgIpc) is 2.53. The molecule has 0 bridgehead atoms. The summed E-state index contributed by atoms with van der Waals surface area (Å²) in [4.78, 5) is 2.33. The lowest BCUT2D eigenvalue weighted by Gasteiger charge is -2.37. The van der Waals surface area contributed by atoms with Crippen molar-refractivity contribution >= 4 is 11.5 Å². The van der Waals surface area contributed by atoms with E-state index in [4.69, 9.17) is 10.9 Å². The number of nitrogens with zero attached hydrogens (tertiary/aromatic N) is 2. The van der Waals surface area contributed by atoms with Crippen molar-refractivity contribution < 1.29 is 5.21 Å². The van der Waals surface area contributed by atoms with Gasteiger partial charge in [-0.25, -0.2) is 0 Å². The van der Waals surface area contributed by atoms with Crippen LogP contribution < -0.4 is 10.6 Å². The maximum atomic E-state index is 9.01. The molecule has 2 rings (SSSR count). The summed E-state index contributed by atoms with van der Waals surface area (Å²) in [7, 11) is 2.13. The molecule has 0 saturated heterocycles. The molecule has 0 spiro atoms. The Morgan fingerprint density at radius 3 is 2.57 bits per heavy atom. The maximum absolute atomic E-state index is 9.01. The standard InChI is InChI=1S/C17H27N3O/c1-4-13-8-10-14(11-9-13)20(3)16-12(2)6-5-7-15(16)17(18)19-21/h5-7,13-14,21H,4,8-11H2,1-3H3,(H2,18,19). The monoisotopic (exact) mass is 289 g/mol. The van der Waals surface area contributed by atoms with Gasteiger partial charge in [-0.2, -0.15) is 0 Å². The van der Waals surface area contributed by atoms with E-state index in [1.165, 1.54) is 37.7 Å². The molecule has 1 aliphatic rings. The van der Waals surface area contributed by atoms with Crippen molar-refractivity contribution in [3.63, 3.8) is 0 Å². The third-order valence-electron chi connectivity index (χ3n) is 4.92. The summed E-state index contributed by atoms with van der Waals surface area (Å²) in [6.45, 7) is 4.37. The van der Waals surface area contributed by atoms with E-state index < -0.39 is 0 Å². The largest absolute Gasteiger partial charge is 0.409 e. The van der Waals surface area contributed by atoms with Crippen LogP contribution in [0.15, 0.2) is 23.4 Å². The smallest absolute Gasteiger partial charge is 0.172 e. The Balaban J connectivity index is 2.25. The molecule has 0 heterocycles. The predicted molar refractivity (Wildman–Crippen MR) is 88.1 cm³/mol. The van der Waals surface area contributed by atoms with Crippen LogP contribution in [0, 0.1) is 12.8 Å². The van der Waals surface area contributed by atoms with Gasteiger partial charge < -0.3 is 15.8 Å². The van der Waals surface area contributed by atoms with Crippen LogP contribution in [0.4, 0.5) is 5.69 Å². The SMILES string of the molecule is CCC1CCC(N(C)c2c(C)cccc2/C(N)=N/O)CC1. The molecule has 21 heavy (non-hydrogen) atoms. The first kappa shape index (κ1) is 15.7. The molecule has 1 saturated carbocycles. The van der Waals surface area contributed by atoms with E-state index in [0.717, 1.165) is 17.2 Å². The zero-order chi connectivity index (χ0) is 15.4. The summed E-state index contributed by atoms with van der Waals surface area (Å²) < 4.78 is 0. The molecular formula is C17H27N3O. The quantitative estimate of drug-likeness (QED) is 0.386. The van der Waals surface area contributed by atoms with Crippen molar-refractivity contribution in [1.29, 1.82) is 0 Å². The van der Waals surface area contributed by atoms with Crippen LogP contribution in [-0.4, -0.2) is 24.1 Å². The third-order valence-corrected chi connectivity index (χ3v) is 4.92. The number of anilines is 1. The van der Waals surface area contributed by atoms with Gasteiger partial charge in [-0.3, -0.25) is 0 Å². The van der Waals surface area contributed by atoms with Gasteiger partial charge in [0.1, 0.15) is 0 Å². The van der Waals surface area contributed by atoms with Crippen molar-refractivity contribution in [2.24, 2.45) is 16.8 Å². The van der Waals surface area contributed by atoms with Crippen LogP contribution in [0.5, 0.6) is 0 Å². The Morgan fingerprint density at radius 2 is 2.00 bits per heavy atom. The molecule has 4 nitrogen and oxygen atoms in total. The van der Waals surface area contributed by atoms with E-state index in [2.05, 4.69) is 37.0 Å². The van der Waals surface area contributed by atoms with Gasteiger partial charge in [0.15, 0.2) is 5.84 Å². The second-order valence-corrected chi connectivity index (χ2v) is 6.15. The normalized spacial score (nSPS) is 23.1. The Morgan fingerprint density at radius 1 is 1.33 bits per heavy atom.